The molecule has 0 aromatic heterocycles. The Balaban J connectivity index is 1.77. The molecule has 1 aliphatic rings. The molecular formula is C32H35Cl4N3O4S. The molecule has 0 unspecified atom stereocenters. The lowest BCUT2D eigenvalue weighted by Gasteiger charge is -2.35. The zero-order valence-electron chi connectivity index (χ0n) is 24.5. The van der Waals surface area contributed by atoms with Crippen molar-refractivity contribution in [2.45, 2.75) is 75.9 Å². The summed E-state index contributed by atoms with van der Waals surface area (Å²) in [6.07, 6.45) is 5.16. The van der Waals surface area contributed by atoms with Crippen molar-refractivity contribution in [1.82, 2.24) is 10.2 Å². The fourth-order valence-electron chi connectivity index (χ4n) is 5.35. The molecule has 3 aromatic carbocycles. The fourth-order valence-corrected chi connectivity index (χ4v) is 7.72. The minimum absolute atomic E-state index is 0.00911. The van der Waals surface area contributed by atoms with E-state index in [1.54, 1.807) is 37.3 Å². The molecule has 44 heavy (non-hydrogen) atoms. The zero-order chi connectivity index (χ0) is 32.0. The van der Waals surface area contributed by atoms with Crippen LogP contribution >= 0.6 is 46.4 Å². The van der Waals surface area contributed by atoms with Crippen molar-refractivity contribution in [2.24, 2.45) is 0 Å². The van der Waals surface area contributed by atoms with E-state index in [9.17, 15) is 18.0 Å². The Labute approximate surface area is 279 Å². The molecule has 3 aromatic rings. The van der Waals surface area contributed by atoms with Crippen LogP contribution < -0.4 is 9.62 Å². The third-order valence-electron chi connectivity index (χ3n) is 7.79. The second-order valence-electron chi connectivity index (χ2n) is 10.9. The Morgan fingerprint density at radius 3 is 2.16 bits per heavy atom. The van der Waals surface area contributed by atoms with E-state index in [1.807, 2.05) is 6.92 Å². The minimum atomic E-state index is -4.31. The average Bonchev–Trinajstić information content (AvgIpc) is 2.99. The molecule has 1 saturated carbocycles. The van der Waals surface area contributed by atoms with E-state index < -0.39 is 28.5 Å². The molecule has 7 nitrogen and oxygen atoms in total. The van der Waals surface area contributed by atoms with E-state index >= 15 is 0 Å². The molecule has 1 fully saturated rings. The highest BCUT2D eigenvalue weighted by molar-refractivity contribution is 7.92. The van der Waals surface area contributed by atoms with E-state index in [0.717, 1.165) is 42.0 Å². The van der Waals surface area contributed by atoms with Crippen LogP contribution in [0.5, 0.6) is 0 Å². The SMILES string of the molecule is CC[C@@H](C(=O)NC1CCCCC1)N(Cc1c(Cl)cccc1Cl)C(=O)CN(c1cc(Cl)ccc1Cl)S(=O)(=O)c1ccc(C)cc1. The van der Waals surface area contributed by atoms with Gasteiger partial charge in [-0.1, -0.05) is 96.4 Å². The first-order valence-electron chi connectivity index (χ1n) is 14.5. The number of benzene rings is 3. The monoisotopic (exact) mass is 697 g/mol. The Kier molecular flexibility index (Phi) is 11.9. The van der Waals surface area contributed by atoms with Crippen molar-refractivity contribution in [3.63, 3.8) is 0 Å². The van der Waals surface area contributed by atoms with Gasteiger partial charge in [0.1, 0.15) is 12.6 Å². The molecule has 0 saturated heterocycles. The van der Waals surface area contributed by atoms with Crippen LogP contribution in [0.4, 0.5) is 5.69 Å². The Morgan fingerprint density at radius 2 is 1.55 bits per heavy atom. The van der Waals surface area contributed by atoms with E-state index in [2.05, 4.69) is 5.32 Å². The highest BCUT2D eigenvalue weighted by Gasteiger charge is 2.35. The maximum Gasteiger partial charge on any atom is 0.264 e. The van der Waals surface area contributed by atoms with Crippen molar-refractivity contribution < 1.29 is 18.0 Å². The maximum atomic E-state index is 14.4. The Hall–Kier alpha value is -2.49. The van der Waals surface area contributed by atoms with E-state index in [4.69, 9.17) is 46.4 Å². The maximum absolute atomic E-state index is 14.4. The topological polar surface area (TPSA) is 86.8 Å². The third-order valence-corrected chi connectivity index (χ3v) is 10.8. The van der Waals surface area contributed by atoms with Gasteiger partial charge in [0, 0.05) is 33.2 Å². The van der Waals surface area contributed by atoms with Crippen molar-refractivity contribution >= 4 is 73.9 Å². The lowest BCUT2D eigenvalue weighted by molar-refractivity contribution is -0.140. The van der Waals surface area contributed by atoms with Crippen LogP contribution in [0.2, 0.25) is 20.1 Å². The summed E-state index contributed by atoms with van der Waals surface area (Å²) in [5.41, 5.74) is 1.34. The first-order valence-corrected chi connectivity index (χ1v) is 17.4. The van der Waals surface area contributed by atoms with Crippen molar-refractivity contribution in [1.29, 1.82) is 0 Å². The molecule has 1 atom stereocenters. The summed E-state index contributed by atoms with van der Waals surface area (Å²) in [6, 6.07) is 14.7. The smallest absolute Gasteiger partial charge is 0.264 e. The Morgan fingerprint density at radius 1 is 0.909 bits per heavy atom. The predicted octanol–water partition coefficient (Wildman–Crippen LogP) is 8.06. The molecule has 0 heterocycles. The van der Waals surface area contributed by atoms with Crippen LogP contribution in [0.15, 0.2) is 65.6 Å². The second kappa shape index (κ2) is 15.2. The van der Waals surface area contributed by atoms with Crippen LogP contribution in [0.1, 0.15) is 56.6 Å². The number of halogens is 4. The van der Waals surface area contributed by atoms with E-state index in [1.165, 1.54) is 35.2 Å². The molecule has 4 rings (SSSR count). The Bertz CT molecular complexity index is 1580. The highest BCUT2D eigenvalue weighted by Crippen LogP contribution is 2.34. The number of nitrogens with one attached hydrogen (secondary N) is 1. The predicted molar refractivity (Wildman–Crippen MR) is 178 cm³/mol. The number of anilines is 1. The van der Waals surface area contributed by atoms with Gasteiger partial charge in [0.25, 0.3) is 10.0 Å². The quantitative estimate of drug-likeness (QED) is 0.220. The number of nitrogens with zero attached hydrogens (tertiary/aromatic N) is 2. The summed E-state index contributed by atoms with van der Waals surface area (Å²) >= 11 is 25.8. The average molecular weight is 700 g/mol. The lowest BCUT2D eigenvalue weighted by Crippen LogP contribution is -2.54. The summed E-state index contributed by atoms with van der Waals surface area (Å²) in [4.78, 5) is 29.4. The van der Waals surface area contributed by atoms with E-state index in [0.29, 0.717) is 15.6 Å². The lowest BCUT2D eigenvalue weighted by atomic mass is 9.95. The molecule has 0 bridgehead atoms. The second-order valence-corrected chi connectivity index (χ2v) is 14.4. The molecule has 0 aliphatic heterocycles. The molecule has 12 heteroatoms. The normalized spacial score (nSPS) is 14.6. The van der Waals surface area contributed by atoms with Gasteiger partial charge in [-0.25, -0.2) is 8.42 Å². The number of carbonyl (C=O) groups excluding carboxylic acids is 2. The summed E-state index contributed by atoms with van der Waals surface area (Å²) < 4.78 is 29.1. The van der Waals surface area contributed by atoms with Gasteiger partial charge >= 0.3 is 0 Å². The molecule has 236 valence electrons. The number of hydrogen-bond donors (Lipinski definition) is 1. The standard InChI is InChI=1S/C32H35Cl4N3O4S/c1-3-29(32(41)37-23-8-5-4-6-9-23)38(19-25-26(34)10-7-11-27(25)35)31(40)20-39(30-18-22(33)14-17-28(30)36)44(42,43)24-15-12-21(2)13-16-24/h7,10-18,23,29H,3-6,8-9,19-20H2,1-2H3,(H,37,41)/t29-/m0/s1. The first kappa shape index (κ1) is 34.4. The summed E-state index contributed by atoms with van der Waals surface area (Å²) in [6.45, 7) is 2.86. The molecular weight excluding hydrogens is 664 g/mol. The van der Waals surface area contributed by atoms with Gasteiger partial charge in [-0.3, -0.25) is 13.9 Å². The largest absolute Gasteiger partial charge is 0.352 e. The van der Waals surface area contributed by atoms with Crippen LogP contribution in [-0.2, 0) is 26.2 Å². The van der Waals surface area contributed by atoms with Gasteiger partial charge in [0.2, 0.25) is 11.8 Å². The van der Waals surface area contributed by atoms with Gasteiger partial charge in [0.05, 0.1) is 15.6 Å². The van der Waals surface area contributed by atoms with Crippen LogP contribution in [0, 0.1) is 6.92 Å². The molecule has 2 amide bonds. The van der Waals surface area contributed by atoms with Gasteiger partial charge in [-0.2, -0.15) is 0 Å². The molecule has 1 N–H and O–H groups in total. The first-order chi connectivity index (χ1) is 20.9. The molecule has 0 radical (unpaired) electrons. The zero-order valence-corrected chi connectivity index (χ0v) is 28.4. The fraction of sp³-hybridized carbons (Fsp3) is 0.375. The minimum Gasteiger partial charge on any atom is -0.352 e. The summed E-state index contributed by atoms with van der Waals surface area (Å²) in [7, 11) is -4.31. The number of amides is 2. The van der Waals surface area contributed by atoms with Gasteiger partial charge in [-0.15, -0.1) is 0 Å². The number of hydrogen-bond acceptors (Lipinski definition) is 4. The van der Waals surface area contributed by atoms with Crippen molar-refractivity contribution in [2.75, 3.05) is 10.8 Å². The summed E-state index contributed by atoms with van der Waals surface area (Å²) in [5, 5.41) is 4.07. The van der Waals surface area contributed by atoms with Crippen molar-refractivity contribution in [3.8, 4) is 0 Å². The van der Waals surface area contributed by atoms with E-state index in [-0.39, 0.29) is 45.5 Å². The van der Waals surface area contributed by atoms with Crippen molar-refractivity contribution in [3.05, 3.63) is 91.9 Å². The molecule has 0 spiro atoms. The number of carbonyl (C=O) groups is 2. The third kappa shape index (κ3) is 8.20. The van der Waals surface area contributed by atoms with Crippen LogP contribution in [-0.4, -0.2) is 43.8 Å². The van der Waals surface area contributed by atoms with Crippen LogP contribution in [0.25, 0.3) is 0 Å². The van der Waals surface area contributed by atoms with Crippen LogP contribution in [0.3, 0.4) is 0 Å². The van der Waals surface area contributed by atoms with Gasteiger partial charge in [-0.05, 0) is 68.7 Å². The number of sulfonamides is 1. The number of aryl methyl sites for hydroxylation is 1. The summed E-state index contributed by atoms with van der Waals surface area (Å²) in [5.74, 6) is -0.956. The van der Waals surface area contributed by atoms with Gasteiger partial charge < -0.3 is 10.2 Å². The number of rotatable bonds is 11. The van der Waals surface area contributed by atoms with Gasteiger partial charge in [0.15, 0.2) is 0 Å². The molecule has 1 aliphatic carbocycles. The highest BCUT2D eigenvalue weighted by atomic mass is 35.5.